The number of likely N-dealkylation sites (tertiary alicyclic amines) is 1. The SMILES string of the molecule is CCOc1ccccc1OC1CCN(CC(=O)NCc2ccc(C)cc2)CC1. The summed E-state index contributed by atoms with van der Waals surface area (Å²) in [5, 5.41) is 3.01. The highest BCUT2D eigenvalue weighted by Crippen LogP contribution is 2.29. The number of carbonyl (C=O) groups is 1. The van der Waals surface area contributed by atoms with E-state index < -0.39 is 0 Å². The zero-order valence-electron chi connectivity index (χ0n) is 16.8. The van der Waals surface area contributed by atoms with Crippen LogP contribution in [0, 0.1) is 6.92 Å². The zero-order chi connectivity index (χ0) is 19.8. The van der Waals surface area contributed by atoms with Crippen molar-refractivity contribution in [3.8, 4) is 11.5 Å². The summed E-state index contributed by atoms with van der Waals surface area (Å²) in [6.07, 6.45) is 1.98. The van der Waals surface area contributed by atoms with Gasteiger partial charge in [0.2, 0.25) is 5.91 Å². The monoisotopic (exact) mass is 382 g/mol. The van der Waals surface area contributed by atoms with Crippen molar-refractivity contribution in [1.82, 2.24) is 10.2 Å². The van der Waals surface area contributed by atoms with Gasteiger partial charge in [0.15, 0.2) is 11.5 Å². The number of nitrogens with zero attached hydrogens (tertiary/aromatic N) is 1. The van der Waals surface area contributed by atoms with Crippen molar-refractivity contribution < 1.29 is 14.3 Å². The van der Waals surface area contributed by atoms with E-state index in [1.54, 1.807) is 0 Å². The molecule has 2 aromatic rings. The van der Waals surface area contributed by atoms with Crippen LogP contribution in [0.3, 0.4) is 0 Å². The van der Waals surface area contributed by atoms with E-state index >= 15 is 0 Å². The molecule has 0 bridgehead atoms. The molecular weight excluding hydrogens is 352 g/mol. The predicted octanol–water partition coefficient (Wildman–Crippen LogP) is 3.55. The first-order valence-electron chi connectivity index (χ1n) is 10.1. The van der Waals surface area contributed by atoms with Crippen LogP contribution in [0.5, 0.6) is 11.5 Å². The van der Waals surface area contributed by atoms with Gasteiger partial charge in [-0.15, -0.1) is 0 Å². The molecule has 150 valence electrons. The molecule has 1 aliphatic rings. The molecule has 3 rings (SSSR count). The Labute approximate surface area is 167 Å². The van der Waals surface area contributed by atoms with Crippen LogP contribution < -0.4 is 14.8 Å². The van der Waals surface area contributed by atoms with E-state index in [0.29, 0.717) is 19.7 Å². The first kappa shape index (κ1) is 20.2. The molecule has 0 saturated carbocycles. The summed E-state index contributed by atoms with van der Waals surface area (Å²) in [6, 6.07) is 16.0. The number of hydrogen-bond donors (Lipinski definition) is 1. The molecule has 0 radical (unpaired) electrons. The van der Waals surface area contributed by atoms with E-state index in [-0.39, 0.29) is 12.0 Å². The van der Waals surface area contributed by atoms with Crippen LogP contribution in [-0.4, -0.2) is 43.2 Å². The van der Waals surface area contributed by atoms with E-state index in [1.165, 1.54) is 5.56 Å². The number of nitrogens with one attached hydrogen (secondary N) is 1. The number of benzene rings is 2. The van der Waals surface area contributed by atoms with Gasteiger partial charge >= 0.3 is 0 Å². The molecule has 2 aromatic carbocycles. The molecule has 1 saturated heterocycles. The number of ether oxygens (including phenoxy) is 2. The van der Waals surface area contributed by atoms with Gasteiger partial charge in [-0.3, -0.25) is 9.69 Å². The number of hydrogen-bond acceptors (Lipinski definition) is 4. The maximum atomic E-state index is 12.2. The van der Waals surface area contributed by atoms with Crippen molar-refractivity contribution >= 4 is 5.91 Å². The number of amides is 1. The Morgan fingerprint density at radius 1 is 1.07 bits per heavy atom. The highest BCUT2D eigenvalue weighted by Gasteiger charge is 2.22. The van der Waals surface area contributed by atoms with Crippen LogP contribution >= 0.6 is 0 Å². The van der Waals surface area contributed by atoms with Crippen molar-refractivity contribution in [3.05, 3.63) is 59.7 Å². The predicted molar refractivity (Wildman–Crippen MR) is 111 cm³/mol. The summed E-state index contributed by atoms with van der Waals surface area (Å²) >= 11 is 0. The number of carbonyl (C=O) groups excluding carboxylic acids is 1. The molecule has 0 atom stereocenters. The quantitative estimate of drug-likeness (QED) is 0.759. The molecule has 0 unspecified atom stereocenters. The van der Waals surface area contributed by atoms with Gasteiger partial charge in [0.25, 0.3) is 0 Å². The third kappa shape index (κ3) is 5.99. The minimum atomic E-state index is 0.0710. The lowest BCUT2D eigenvalue weighted by atomic mass is 10.1. The summed E-state index contributed by atoms with van der Waals surface area (Å²) < 4.78 is 11.8. The standard InChI is InChI=1S/C23H30N2O3/c1-3-27-21-6-4-5-7-22(21)28-20-12-14-25(15-13-20)17-23(26)24-16-19-10-8-18(2)9-11-19/h4-11,20H,3,12-17H2,1-2H3,(H,24,26). The number of aryl methyl sites for hydroxylation is 1. The van der Waals surface area contributed by atoms with Gasteiger partial charge in [-0.25, -0.2) is 0 Å². The summed E-state index contributed by atoms with van der Waals surface area (Å²) in [6.45, 7) is 7.39. The number of rotatable bonds is 8. The van der Waals surface area contributed by atoms with Crippen molar-refractivity contribution in [2.45, 2.75) is 39.3 Å². The van der Waals surface area contributed by atoms with Crippen molar-refractivity contribution in [1.29, 1.82) is 0 Å². The molecule has 5 heteroatoms. The molecule has 0 aromatic heterocycles. The van der Waals surface area contributed by atoms with Gasteiger partial charge in [-0.2, -0.15) is 0 Å². The lowest BCUT2D eigenvalue weighted by Gasteiger charge is -2.32. The van der Waals surface area contributed by atoms with E-state index in [0.717, 1.165) is 43.0 Å². The van der Waals surface area contributed by atoms with E-state index in [1.807, 2.05) is 31.2 Å². The van der Waals surface area contributed by atoms with Crippen LogP contribution in [0.2, 0.25) is 0 Å². The highest BCUT2D eigenvalue weighted by molar-refractivity contribution is 5.78. The van der Waals surface area contributed by atoms with Gasteiger partial charge in [-0.05, 0) is 44.4 Å². The molecule has 0 spiro atoms. The molecule has 1 heterocycles. The van der Waals surface area contributed by atoms with Gasteiger partial charge in [0.1, 0.15) is 6.10 Å². The minimum absolute atomic E-state index is 0.0710. The molecule has 5 nitrogen and oxygen atoms in total. The van der Waals surface area contributed by atoms with E-state index in [2.05, 4.69) is 41.4 Å². The summed E-state index contributed by atoms with van der Waals surface area (Å²) in [5.41, 5.74) is 2.35. The summed E-state index contributed by atoms with van der Waals surface area (Å²) in [7, 11) is 0. The fourth-order valence-electron chi connectivity index (χ4n) is 3.35. The largest absolute Gasteiger partial charge is 0.490 e. The number of para-hydroxylation sites is 2. The fourth-order valence-corrected chi connectivity index (χ4v) is 3.35. The molecule has 1 aliphatic heterocycles. The van der Waals surface area contributed by atoms with Gasteiger partial charge in [-0.1, -0.05) is 42.0 Å². The summed E-state index contributed by atoms with van der Waals surface area (Å²) in [4.78, 5) is 14.4. The van der Waals surface area contributed by atoms with Crippen LogP contribution in [0.4, 0.5) is 0 Å². The average molecular weight is 383 g/mol. The molecule has 0 aliphatic carbocycles. The van der Waals surface area contributed by atoms with Gasteiger partial charge in [0.05, 0.1) is 13.2 Å². The van der Waals surface area contributed by atoms with E-state index in [9.17, 15) is 4.79 Å². The van der Waals surface area contributed by atoms with Crippen LogP contribution in [0.1, 0.15) is 30.9 Å². The number of piperidine rings is 1. The van der Waals surface area contributed by atoms with Gasteiger partial charge in [0, 0.05) is 19.6 Å². The highest BCUT2D eigenvalue weighted by atomic mass is 16.5. The Hall–Kier alpha value is -2.53. The Balaban J connectivity index is 1.40. The smallest absolute Gasteiger partial charge is 0.234 e. The Bertz CT molecular complexity index is 753. The van der Waals surface area contributed by atoms with Crippen LogP contribution in [0.15, 0.2) is 48.5 Å². The van der Waals surface area contributed by atoms with Crippen molar-refractivity contribution in [2.75, 3.05) is 26.2 Å². The van der Waals surface area contributed by atoms with Crippen molar-refractivity contribution in [3.63, 3.8) is 0 Å². The molecule has 1 N–H and O–H groups in total. The molecule has 1 fully saturated rings. The summed E-state index contributed by atoms with van der Waals surface area (Å²) in [5.74, 6) is 1.67. The Morgan fingerprint density at radius 2 is 1.75 bits per heavy atom. The Kier molecular flexibility index (Phi) is 7.31. The lowest BCUT2D eigenvalue weighted by Crippen LogP contribution is -2.43. The topological polar surface area (TPSA) is 50.8 Å². The molecule has 28 heavy (non-hydrogen) atoms. The van der Waals surface area contributed by atoms with Gasteiger partial charge < -0.3 is 14.8 Å². The zero-order valence-corrected chi connectivity index (χ0v) is 16.8. The lowest BCUT2D eigenvalue weighted by molar-refractivity contribution is -0.122. The fraction of sp³-hybridized carbons (Fsp3) is 0.435. The Morgan fingerprint density at radius 3 is 2.43 bits per heavy atom. The normalized spacial score (nSPS) is 15.2. The second-order valence-electron chi connectivity index (χ2n) is 7.24. The maximum absolute atomic E-state index is 12.2. The van der Waals surface area contributed by atoms with Crippen molar-refractivity contribution in [2.24, 2.45) is 0 Å². The maximum Gasteiger partial charge on any atom is 0.234 e. The first-order valence-corrected chi connectivity index (χ1v) is 10.1. The second kappa shape index (κ2) is 10.1. The molecule has 1 amide bonds. The van der Waals surface area contributed by atoms with E-state index in [4.69, 9.17) is 9.47 Å². The first-order chi connectivity index (χ1) is 13.6. The van der Waals surface area contributed by atoms with Crippen LogP contribution in [0.25, 0.3) is 0 Å². The van der Waals surface area contributed by atoms with Crippen LogP contribution in [-0.2, 0) is 11.3 Å². The third-order valence-electron chi connectivity index (χ3n) is 4.95. The average Bonchev–Trinajstić information content (AvgIpc) is 2.71. The second-order valence-corrected chi connectivity index (χ2v) is 7.24. The third-order valence-corrected chi connectivity index (χ3v) is 4.95. The minimum Gasteiger partial charge on any atom is -0.490 e. The molecular formula is C23H30N2O3.